The third-order valence-corrected chi connectivity index (χ3v) is 10.2. The summed E-state index contributed by atoms with van der Waals surface area (Å²) in [6, 6.07) is 4.23. The summed E-state index contributed by atoms with van der Waals surface area (Å²) < 4.78 is 6.00. The molecule has 0 aromatic carbocycles. The Balaban J connectivity index is 1.19. The molecule has 0 amide bonds. The van der Waals surface area contributed by atoms with E-state index in [1.165, 1.54) is 36.8 Å². The van der Waals surface area contributed by atoms with Gasteiger partial charge >= 0.3 is 5.97 Å². The molecule has 1 saturated heterocycles. The second kappa shape index (κ2) is 8.08. The van der Waals surface area contributed by atoms with E-state index in [4.69, 9.17) is 4.74 Å². The molecule has 4 heteroatoms. The van der Waals surface area contributed by atoms with E-state index in [2.05, 4.69) is 54.6 Å². The van der Waals surface area contributed by atoms with Crippen LogP contribution in [0.4, 0.5) is 0 Å². The standard InChI is InChI=1S/C29H38N2O2/c1-28-13-11-21(33-27(32)26-6-4-16-31-26)17-20(28)7-8-22-24-10-9-23(19-5-3-15-30-18-19)29(24,2)14-12-25(22)28/h3,5,7,9,15,18,21-22,24-26,31H,4,6,8,10-14,16-17H2,1-2H3/t21?,22?,24-,25?,26+,28+,29-/m1/s1. The number of nitrogens with one attached hydrogen (secondary N) is 1. The zero-order valence-electron chi connectivity index (χ0n) is 20.2. The van der Waals surface area contributed by atoms with Crippen LogP contribution in [0.25, 0.3) is 5.57 Å². The van der Waals surface area contributed by atoms with Gasteiger partial charge in [0.25, 0.3) is 0 Å². The van der Waals surface area contributed by atoms with Crippen LogP contribution in [0.2, 0.25) is 0 Å². The highest BCUT2D eigenvalue weighted by atomic mass is 16.5. The van der Waals surface area contributed by atoms with E-state index < -0.39 is 0 Å². The lowest BCUT2D eigenvalue weighted by molar-refractivity contribution is -0.153. The van der Waals surface area contributed by atoms with Gasteiger partial charge in [-0.3, -0.25) is 9.78 Å². The number of esters is 1. The number of fused-ring (bicyclic) bond motifs is 5. The van der Waals surface area contributed by atoms with E-state index >= 15 is 0 Å². The van der Waals surface area contributed by atoms with Crippen molar-refractivity contribution < 1.29 is 9.53 Å². The molecule has 3 fully saturated rings. The van der Waals surface area contributed by atoms with Crippen molar-refractivity contribution in [3.63, 3.8) is 0 Å². The molecule has 1 aliphatic heterocycles. The molecule has 4 nitrogen and oxygen atoms in total. The first-order valence-corrected chi connectivity index (χ1v) is 13.2. The largest absolute Gasteiger partial charge is 0.461 e. The third kappa shape index (κ3) is 3.43. The highest BCUT2D eigenvalue weighted by molar-refractivity contribution is 5.76. The van der Waals surface area contributed by atoms with Gasteiger partial charge in [-0.25, -0.2) is 0 Å². The first-order valence-electron chi connectivity index (χ1n) is 13.2. The van der Waals surface area contributed by atoms with Gasteiger partial charge < -0.3 is 10.1 Å². The van der Waals surface area contributed by atoms with E-state index in [0.29, 0.717) is 0 Å². The molecule has 2 heterocycles. The van der Waals surface area contributed by atoms with E-state index in [1.54, 1.807) is 5.57 Å². The molecular formula is C29H38N2O2. The van der Waals surface area contributed by atoms with Gasteiger partial charge in [0.15, 0.2) is 0 Å². The molecule has 1 N–H and O–H groups in total. The van der Waals surface area contributed by atoms with Crippen molar-refractivity contribution >= 4 is 11.5 Å². The number of aromatic nitrogens is 1. The van der Waals surface area contributed by atoms with Crippen molar-refractivity contribution in [3.8, 4) is 0 Å². The Labute approximate surface area is 198 Å². The normalized spacial score (nSPS) is 41.9. The lowest BCUT2D eigenvalue weighted by atomic mass is 9.47. The Bertz CT molecular complexity index is 979. The van der Waals surface area contributed by atoms with Gasteiger partial charge in [0.05, 0.1) is 0 Å². The number of pyridine rings is 1. The molecule has 6 rings (SSSR count). The smallest absolute Gasteiger partial charge is 0.323 e. The molecule has 7 atom stereocenters. The first-order chi connectivity index (χ1) is 16.0. The van der Waals surface area contributed by atoms with E-state index in [1.807, 2.05) is 6.20 Å². The maximum Gasteiger partial charge on any atom is 0.323 e. The minimum Gasteiger partial charge on any atom is -0.461 e. The predicted octanol–water partition coefficient (Wildman–Crippen LogP) is 5.70. The summed E-state index contributed by atoms with van der Waals surface area (Å²) in [4.78, 5) is 17.0. The molecule has 33 heavy (non-hydrogen) atoms. The van der Waals surface area contributed by atoms with Gasteiger partial charge in [0.2, 0.25) is 0 Å². The highest BCUT2D eigenvalue weighted by Crippen LogP contribution is 2.66. The number of rotatable bonds is 3. The zero-order valence-corrected chi connectivity index (χ0v) is 20.2. The summed E-state index contributed by atoms with van der Waals surface area (Å²) in [7, 11) is 0. The fourth-order valence-corrected chi connectivity index (χ4v) is 8.40. The molecule has 176 valence electrons. The van der Waals surface area contributed by atoms with E-state index in [0.717, 1.165) is 56.4 Å². The van der Waals surface area contributed by atoms with Crippen LogP contribution in [0.5, 0.6) is 0 Å². The van der Waals surface area contributed by atoms with Crippen molar-refractivity contribution in [2.75, 3.05) is 6.54 Å². The zero-order chi connectivity index (χ0) is 22.6. The Morgan fingerprint density at radius 1 is 1.09 bits per heavy atom. The number of carbonyl (C=O) groups excluding carboxylic acids is 1. The molecule has 1 aromatic rings. The molecule has 1 aromatic heterocycles. The minimum atomic E-state index is -0.0806. The summed E-state index contributed by atoms with van der Waals surface area (Å²) in [5.74, 6) is 2.21. The lowest BCUT2D eigenvalue weighted by Crippen LogP contribution is -2.50. The van der Waals surface area contributed by atoms with Crippen LogP contribution in [0.1, 0.15) is 77.2 Å². The minimum absolute atomic E-state index is 0.0243. The van der Waals surface area contributed by atoms with Crippen molar-refractivity contribution in [1.29, 1.82) is 0 Å². The van der Waals surface area contributed by atoms with Crippen molar-refractivity contribution in [2.45, 2.75) is 83.8 Å². The molecule has 2 saturated carbocycles. The predicted molar refractivity (Wildman–Crippen MR) is 130 cm³/mol. The Hall–Kier alpha value is -1.94. The van der Waals surface area contributed by atoms with Crippen molar-refractivity contribution in [2.24, 2.45) is 28.6 Å². The first kappa shape index (κ1) is 21.6. The topological polar surface area (TPSA) is 51.2 Å². The van der Waals surface area contributed by atoms with Gasteiger partial charge in [-0.2, -0.15) is 0 Å². The number of nitrogens with zero attached hydrogens (tertiary/aromatic N) is 1. The van der Waals surface area contributed by atoms with Crippen molar-refractivity contribution in [1.82, 2.24) is 10.3 Å². The lowest BCUT2D eigenvalue weighted by Gasteiger charge is -2.57. The fraction of sp³-hybridized carbons (Fsp3) is 0.655. The molecule has 0 spiro atoms. The molecular weight excluding hydrogens is 408 g/mol. The number of ether oxygens (including phenoxy) is 1. The molecule has 0 bridgehead atoms. The summed E-state index contributed by atoms with van der Waals surface area (Å²) in [5, 5.41) is 3.29. The maximum absolute atomic E-state index is 12.6. The maximum atomic E-state index is 12.6. The number of hydrogen-bond acceptors (Lipinski definition) is 4. The van der Waals surface area contributed by atoms with Crippen LogP contribution < -0.4 is 5.32 Å². The van der Waals surface area contributed by atoms with Gasteiger partial charge in [-0.05, 0) is 104 Å². The van der Waals surface area contributed by atoms with Gasteiger partial charge in [0, 0.05) is 18.8 Å². The molecule has 4 aliphatic carbocycles. The highest BCUT2D eigenvalue weighted by Gasteiger charge is 2.57. The van der Waals surface area contributed by atoms with Crippen LogP contribution >= 0.6 is 0 Å². The summed E-state index contributed by atoms with van der Waals surface area (Å²) in [5.41, 5.74) is 4.98. The second-order valence-electron chi connectivity index (χ2n) is 11.8. The number of allylic oxidation sites excluding steroid dienone is 3. The van der Waals surface area contributed by atoms with Crippen molar-refractivity contribution in [3.05, 3.63) is 47.8 Å². The van der Waals surface area contributed by atoms with Crippen LogP contribution in [0, 0.1) is 28.6 Å². The van der Waals surface area contributed by atoms with Crippen LogP contribution in [-0.2, 0) is 9.53 Å². The summed E-state index contributed by atoms with van der Waals surface area (Å²) in [6.07, 6.45) is 19.2. The molecule has 0 radical (unpaired) electrons. The van der Waals surface area contributed by atoms with Crippen LogP contribution in [0.3, 0.4) is 0 Å². The SMILES string of the molecule is C[C@]12CCC(OC(=O)[C@@H]3CCCN3)CC1=CCC1C2CC[C@]2(C)C(c3cccnc3)=CC[C@H]12. The average Bonchev–Trinajstić information content (AvgIpc) is 3.48. The van der Waals surface area contributed by atoms with E-state index in [-0.39, 0.29) is 28.9 Å². The van der Waals surface area contributed by atoms with Gasteiger partial charge in [-0.15, -0.1) is 0 Å². The molecule has 3 unspecified atom stereocenters. The Kier molecular flexibility index (Phi) is 5.28. The van der Waals surface area contributed by atoms with Gasteiger partial charge in [-0.1, -0.05) is 37.6 Å². The Morgan fingerprint density at radius 2 is 1.97 bits per heavy atom. The quantitative estimate of drug-likeness (QED) is 0.478. The third-order valence-electron chi connectivity index (χ3n) is 10.2. The fourth-order valence-electron chi connectivity index (χ4n) is 8.40. The summed E-state index contributed by atoms with van der Waals surface area (Å²) in [6.45, 7) is 5.99. The molecule has 5 aliphatic rings. The monoisotopic (exact) mass is 446 g/mol. The Morgan fingerprint density at radius 3 is 2.76 bits per heavy atom. The summed E-state index contributed by atoms with van der Waals surface area (Å²) >= 11 is 0. The van der Waals surface area contributed by atoms with Crippen LogP contribution in [-0.4, -0.2) is 29.6 Å². The van der Waals surface area contributed by atoms with E-state index in [9.17, 15) is 4.79 Å². The van der Waals surface area contributed by atoms with Crippen LogP contribution in [0.15, 0.2) is 42.3 Å². The number of hydrogen-bond donors (Lipinski definition) is 1. The second-order valence-corrected chi connectivity index (χ2v) is 11.8. The average molecular weight is 447 g/mol. The number of carbonyl (C=O) groups is 1. The van der Waals surface area contributed by atoms with Gasteiger partial charge in [0.1, 0.15) is 12.1 Å².